The quantitative estimate of drug-likeness (QED) is 0.717. The molecule has 0 bridgehead atoms. The molecule has 1 fully saturated rings. The van der Waals surface area contributed by atoms with E-state index < -0.39 is 0 Å². The molecule has 1 saturated carbocycles. The number of hydrogen-bond acceptors (Lipinski definition) is 3. The summed E-state index contributed by atoms with van der Waals surface area (Å²) in [6.07, 6.45) is 5.18. The van der Waals surface area contributed by atoms with Crippen LogP contribution in [0.25, 0.3) is 0 Å². The molecule has 0 spiro atoms. The Kier molecular flexibility index (Phi) is 3.72. The lowest BCUT2D eigenvalue weighted by Crippen LogP contribution is -2.32. The molecule has 1 aliphatic carbocycles. The Balaban J connectivity index is 2.23. The number of nitrogens with one attached hydrogen (secondary N) is 1. The van der Waals surface area contributed by atoms with E-state index in [0.717, 1.165) is 12.8 Å². The minimum atomic E-state index is -0.304. The second kappa shape index (κ2) is 4.60. The summed E-state index contributed by atoms with van der Waals surface area (Å²) in [7, 11) is 1.40. The summed E-state index contributed by atoms with van der Waals surface area (Å²) in [6, 6.07) is 0.329. The van der Waals surface area contributed by atoms with Gasteiger partial charge in [-0.15, -0.1) is 0 Å². The van der Waals surface area contributed by atoms with E-state index in [0.29, 0.717) is 11.3 Å². The molecular formula is C8H15NO2S. The van der Waals surface area contributed by atoms with Crippen molar-refractivity contribution < 1.29 is 9.53 Å². The largest absolute Gasteiger partial charge is 0.453 e. The number of thioether (sulfide) groups is 1. The molecule has 0 saturated heterocycles. The highest BCUT2D eigenvalue weighted by molar-refractivity contribution is 7.99. The molecule has 12 heavy (non-hydrogen) atoms. The minimum Gasteiger partial charge on any atom is -0.453 e. The number of carbonyl (C=O) groups is 1. The Morgan fingerprint density at radius 3 is 2.83 bits per heavy atom. The number of carbonyl (C=O) groups excluding carboxylic acids is 1. The maximum absolute atomic E-state index is 10.8. The molecule has 0 radical (unpaired) electrons. The third-order valence-corrected chi connectivity index (χ3v) is 3.32. The predicted octanol–water partition coefficient (Wildman–Crippen LogP) is 1.63. The molecule has 4 heteroatoms. The van der Waals surface area contributed by atoms with Crippen molar-refractivity contribution in [2.45, 2.75) is 30.6 Å². The molecule has 0 aromatic heterocycles. The highest BCUT2D eigenvalue weighted by atomic mass is 32.2. The third kappa shape index (κ3) is 2.59. The van der Waals surface area contributed by atoms with E-state index in [1.807, 2.05) is 11.8 Å². The van der Waals surface area contributed by atoms with E-state index in [1.54, 1.807) is 0 Å². The van der Waals surface area contributed by atoms with Crippen LogP contribution in [0.3, 0.4) is 0 Å². The predicted molar refractivity (Wildman–Crippen MR) is 50.5 cm³/mol. The fraction of sp³-hybridized carbons (Fsp3) is 0.875. The van der Waals surface area contributed by atoms with Crippen molar-refractivity contribution in [2.75, 3.05) is 13.4 Å². The Labute approximate surface area is 77.2 Å². The molecule has 1 rings (SSSR count). The number of methoxy groups -OCH3 is 1. The molecule has 2 atom stereocenters. The highest BCUT2D eigenvalue weighted by Gasteiger charge is 2.24. The number of ether oxygens (including phenoxy) is 1. The maximum atomic E-state index is 10.8. The van der Waals surface area contributed by atoms with E-state index in [1.165, 1.54) is 13.5 Å². The van der Waals surface area contributed by atoms with Gasteiger partial charge in [0.1, 0.15) is 0 Å². The van der Waals surface area contributed by atoms with Crippen LogP contribution in [-0.4, -0.2) is 30.8 Å². The Morgan fingerprint density at radius 1 is 1.58 bits per heavy atom. The molecule has 0 aliphatic heterocycles. The Morgan fingerprint density at radius 2 is 2.33 bits per heavy atom. The first-order valence-electron chi connectivity index (χ1n) is 4.13. The summed E-state index contributed by atoms with van der Waals surface area (Å²) in [5.41, 5.74) is 0. The first-order chi connectivity index (χ1) is 5.76. The van der Waals surface area contributed by atoms with Gasteiger partial charge in [0.05, 0.1) is 7.11 Å². The van der Waals surface area contributed by atoms with Crippen molar-refractivity contribution in [1.29, 1.82) is 0 Å². The van der Waals surface area contributed by atoms with Crippen LogP contribution in [-0.2, 0) is 4.74 Å². The van der Waals surface area contributed by atoms with Gasteiger partial charge in [0, 0.05) is 11.3 Å². The molecule has 2 unspecified atom stereocenters. The highest BCUT2D eigenvalue weighted by Crippen LogP contribution is 2.27. The number of rotatable bonds is 2. The van der Waals surface area contributed by atoms with Crippen molar-refractivity contribution in [3.05, 3.63) is 0 Å². The van der Waals surface area contributed by atoms with Gasteiger partial charge in [0.25, 0.3) is 0 Å². The van der Waals surface area contributed by atoms with Crippen LogP contribution in [0.4, 0.5) is 4.79 Å². The standard InChI is InChI=1S/C8H15NO2S/c1-11-8(10)9-6-3-4-7(5-6)12-2/h6-7H,3-5H2,1-2H3,(H,9,10). The summed E-state index contributed by atoms with van der Waals surface area (Å²) in [4.78, 5) is 10.8. The minimum absolute atomic E-state index is 0.304. The second-order valence-corrected chi connectivity index (χ2v) is 4.14. The second-order valence-electron chi connectivity index (χ2n) is 3.00. The van der Waals surface area contributed by atoms with Crippen LogP contribution in [0.1, 0.15) is 19.3 Å². The monoisotopic (exact) mass is 189 g/mol. The molecule has 1 amide bonds. The summed E-state index contributed by atoms with van der Waals surface area (Å²) in [5.74, 6) is 0. The lowest BCUT2D eigenvalue weighted by atomic mass is 10.3. The zero-order valence-electron chi connectivity index (χ0n) is 7.50. The van der Waals surface area contributed by atoms with Crippen LogP contribution < -0.4 is 5.32 Å². The molecule has 0 aromatic carbocycles. The Hall–Kier alpha value is -0.380. The topological polar surface area (TPSA) is 38.3 Å². The van der Waals surface area contributed by atoms with Crippen LogP contribution >= 0.6 is 11.8 Å². The van der Waals surface area contributed by atoms with Crippen molar-refractivity contribution in [3.8, 4) is 0 Å². The first-order valence-corrected chi connectivity index (χ1v) is 5.42. The summed E-state index contributed by atoms with van der Waals surface area (Å²) >= 11 is 1.88. The van der Waals surface area contributed by atoms with Gasteiger partial charge in [0.15, 0.2) is 0 Å². The summed E-state index contributed by atoms with van der Waals surface area (Å²) < 4.78 is 4.52. The van der Waals surface area contributed by atoms with Gasteiger partial charge >= 0.3 is 6.09 Å². The maximum Gasteiger partial charge on any atom is 0.407 e. The van der Waals surface area contributed by atoms with Gasteiger partial charge in [-0.3, -0.25) is 0 Å². The average Bonchev–Trinajstić information content (AvgIpc) is 2.52. The van der Waals surface area contributed by atoms with Gasteiger partial charge in [-0.1, -0.05) is 0 Å². The van der Waals surface area contributed by atoms with Crippen LogP contribution in [0.2, 0.25) is 0 Å². The van der Waals surface area contributed by atoms with Gasteiger partial charge in [-0.25, -0.2) is 4.79 Å². The van der Waals surface area contributed by atoms with Crippen molar-refractivity contribution in [1.82, 2.24) is 5.32 Å². The molecule has 70 valence electrons. The number of amides is 1. The molecule has 1 aliphatic rings. The zero-order valence-corrected chi connectivity index (χ0v) is 8.32. The lowest BCUT2D eigenvalue weighted by molar-refractivity contribution is 0.167. The normalized spacial score (nSPS) is 28.5. The van der Waals surface area contributed by atoms with E-state index in [4.69, 9.17) is 0 Å². The molecule has 3 nitrogen and oxygen atoms in total. The van der Waals surface area contributed by atoms with Gasteiger partial charge in [-0.05, 0) is 25.5 Å². The smallest absolute Gasteiger partial charge is 0.407 e. The molecule has 1 N–H and O–H groups in total. The van der Waals surface area contributed by atoms with Gasteiger partial charge < -0.3 is 10.1 Å². The third-order valence-electron chi connectivity index (χ3n) is 2.23. The number of hydrogen-bond donors (Lipinski definition) is 1. The summed E-state index contributed by atoms with van der Waals surface area (Å²) in [5, 5.41) is 3.53. The summed E-state index contributed by atoms with van der Waals surface area (Å²) in [6.45, 7) is 0. The van der Waals surface area contributed by atoms with Crippen LogP contribution in [0.15, 0.2) is 0 Å². The molecule has 0 heterocycles. The van der Waals surface area contributed by atoms with Crippen molar-refractivity contribution in [3.63, 3.8) is 0 Å². The zero-order chi connectivity index (χ0) is 8.97. The average molecular weight is 189 g/mol. The molecular weight excluding hydrogens is 174 g/mol. The van der Waals surface area contributed by atoms with Gasteiger partial charge in [-0.2, -0.15) is 11.8 Å². The van der Waals surface area contributed by atoms with Crippen molar-refractivity contribution >= 4 is 17.9 Å². The lowest BCUT2D eigenvalue weighted by Gasteiger charge is -2.10. The number of alkyl carbamates (subject to hydrolysis) is 1. The van der Waals surface area contributed by atoms with Gasteiger partial charge in [0.2, 0.25) is 0 Å². The van der Waals surface area contributed by atoms with E-state index >= 15 is 0 Å². The van der Waals surface area contributed by atoms with Crippen LogP contribution in [0.5, 0.6) is 0 Å². The fourth-order valence-corrected chi connectivity index (χ4v) is 2.31. The van der Waals surface area contributed by atoms with E-state index in [-0.39, 0.29) is 6.09 Å². The van der Waals surface area contributed by atoms with Crippen LogP contribution in [0, 0.1) is 0 Å². The first kappa shape index (κ1) is 9.71. The molecule has 0 aromatic rings. The Bertz CT molecular complexity index is 163. The SMILES string of the molecule is COC(=O)NC1CCC(SC)C1. The van der Waals surface area contributed by atoms with E-state index in [2.05, 4.69) is 16.3 Å². The van der Waals surface area contributed by atoms with E-state index in [9.17, 15) is 4.79 Å². The van der Waals surface area contributed by atoms with Crippen molar-refractivity contribution in [2.24, 2.45) is 0 Å². The fourth-order valence-electron chi connectivity index (χ4n) is 1.51.